The first-order valence-corrected chi connectivity index (χ1v) is 1.30. The molecule has 0 heterocycles. The van der Waals surface area contributed by atoms with Crippen molar-refractivity contribution in [3.63, 3.8) is 0 Å². The van der Waals surface area contributed by atoms with E-state index in [1.807, 2.05) is 0 Å². The van der Waals surface area contributed by atoms with Crippen LogP contribution in [0.3, 0.4) is 0 Å². The molecule has 1 nitrogen and oxygen atoms in total. The molecule has 0 unspecified atom stereocenters. The third kappa shape index (κ3) is 3.96. The highest BCUT2D eigenvalue weighted by Gasteiger charge is 1.81. The highest BCUT2D eigenvalue weighted by molar-refractivity contribution is 4.32. The minimum atomic E-state index is -2.61. The molecule has 0 aromatic heterocycles. The van der Waals surface area contributed by atoms with Gasteiger partial charge in [-0.2, -0.15) is 0 Å². The molecule has 0 fully saturated rings. The average molecular weight is 80.2 g/mol. The van der Waals surface area contributed by atoms with Gasteiger partial charge in [0.15, 0.2) is 0 Å². The summed E-state index contributed by atoms with van der Waals surface area (Å²) < 4.78 is 40.5. The topological polar surface area (TPSA) is 20.2 Å². The predicted octanol–water partition coefficient (Wildman–Crippen LogP) is 0.635. The van der Waals surface area contributed by atoms with Crippen LogP contribution < -0.4 is 0 Å². The maximum absolute atomic E-state index is 8.48. The summed E-state index contributed by atoms with van der Waals surface area (Å²) >= 11 is 0. The standard InChI is InChI=1S/C4H10O/c1-4(2)3-5/h4-5H,3H2,1-2H3/i1D3,2D3. The molecule has 32 valence electrons. The molecule has 0 bridgehead atoms. The SMILES string of the molecule is [2H]C([2H])([2H])C(CO)C([2H])([2H])[2H]. The van der Waals surface area contributed by atoms with Gasteiger partial charge in [0.05, 0.1) is 0 Å². The lowest BCUT2D eigenvalue weighted by Crippen LogP contribution is -1.90. The molecule has 1 heteroatoms. The number of hydrogen-bond acceptors (Lipinski definition) is 1. The van der Waals surface area contributed by atoms with Crippen molar-refractivity contribution in [2.24, 2.45) is 5.92 Å². The lowest BCUT2D eigenvalue weighted by Gasteiger charge is -1.90. The average Bonchev–Trinajstić information content (AvgIpc) is 1.56. The smallest absolute Gasteiger partial charge is 0.0453 e. The second kappa shape index (κ2) is 2.21. The van der Waals surface area contributed by atoms with Crippen LogP contribution in [0.5, 0.6) is 0 Å². The summed E-state index contributed by atoms with van der Waals surface area (Å²) in [7, 11) is 0. The molecule has 0 aromatic carbocycles. The molecule has 0 atom stereocenters. The van der Waals surface area contributed by atoms with Crippen molar-refractivity contribution in [2.45, 2.75) is 13.7 Å². The number of aliphatic hydroxyl groups is 1. The Bertz CT molecular complexity index is 110. The van der Waals surface area contributed by atoms with E-state index in [-0.39, 0.29) is 0 Å². The van der Waals surface area contributed by atoms with Gasteiger partial charge in [0, 0.05) is 14.8 Å². The Morgan fingerprint density at radius 2 is 2.60 bits per heavy atom. The minimum Gasteiger partial charge on any atom is -0.396 e. The van der Waals surface area contributed by atoms with E-state index in [0.717, 1.165) is 0 Å². The predicted molar refractivity (Wildman–Crippen MR) is 21.9 cm³/mol. The van der Waals surface area contributed by atoms with Crippen LogP contribution in [-0.2, 0) is 0 Å². The van der Waals surface area contributed by atoms with Crippen LogP contribution in [0.15, 0.2) is 0 Å². The van der Waals surface area contributed by atoms with Gasteiger partial charge >= 0.3 is 0 Å². The fraction of sp³-hybridized carbons (Fsp3) is 1.00. The Morgan fingerprint density at radius 3 is 2.60 bits per heavy atom. The van der Waals surface area contributed by atoms with Crippen LogP contribution in [-0.4, -0.2) is 11.7 Å². The van der Waals surface area contributed by atoms with Gasteiger partial charge in [0.2, 0.25) is 0 Å². The first-order valence-electron chi connectivity index (χ1n) is 4.30. The second-order valence-electron chi connectivity index (χ2n) is 0.735. The molecule has 0 spiro atoms. The lowest BCUT2D eigenvalue weighted by molar-refractivity contribution is 0.248. The molecule has 0 aliphatic carbocycles. The molecule has 0 aromatic rings. The van der Waals surface area contributed by atoms with Gasteiger partial charge in [0.25, 0.3) is 0 Å². The fourth-order valence-corrected chi connectivity index (χ4v) is 0. The minimum absolute atomic E-state index is 0.840. The van der Waals surface area contributed by atoms with Crippen LogP contribution in [0.4, 0.5) is 0 Å². The quantitative estimate of drug-likeness (QED) is 0.490. The van der Waals surface area contributed by atoms with Crippen LogP contribution in [0, 0.1) is 5.92 Å². The van der Waals surface area contributed by atoms with E-state index in [4.69, 9.17) is 13.3 Å². The molecule has 0 aliphatic rings. The molecule has 0 aliphatic heterocycles. The summed E-state index contributed by atoms with van der Waals surface area (Å²) in [6.45, 7) is -6.06. The molecular weight excluding hydrogens is 64.0 g/mol. The molecule has 0 saturated carbocycles. The highest BCUT2D eigenvalue weighted by Crippen LogP contribution is 1.83. The monoisotopic (exact) mass is 80.1 g/mol. The summed E-state index contributed by atoms with van der Waals surface area (Å²) in [5.41, 5.74) is 0. The van der Waals surface area contributed by atoms with Crippen LogP contribution >= 0.6 is 0 Å². The van der Waals surface area contributed by atoms with E-state index in [1.54, 1.807) is 0 Å². The first-order chi connectivity index (χ1) is 4.69. The zero-order valence-corrected chi connectivity index (χ0v) is 2.73. The van der Waals surface area contributed by atoms with E-state index >= 15 is 0 Å². The summed E-state index contributed by atoms with van der Waals surface area (Å²) in [6.07, 6.45) is 0. The maximum Gasteiger partial charge on any atom is 0.0453 e. The van der Waals surface area contributed by atoms with Gasteiger partial charge < -0.3 is 5.11 Å². The van der Waals surface area contributed by atoms with Crippen molar-refractivity contribution in [1.29, 1.82) is 0 Å². The molecule has 1 N–H and O–H groups in total. The summed E-state index contributed by atoms with van der Waals surface area (Å²) in [5.74, 6) is -1.63. The lowest BCUT2D eigenvalue weighted by atomic mass is 10.2. The molecule has 0 radical (unpaired) electrons. The van der Waals surface area contributed by atoms with Crippen molar-refractivity contribution in [1.82, 2.24) is 0 Å². The van der Waals surface area contributed by atoms with Crippen LogP contribution in [0.1, 0.15) is 21.9 Å². The maximum atomic E-state index is 8.48. The second-order valence-corrected chi connectivity index (χ2v) is 0.735. The van der Waals surface area contributed by atoms with Crippen molar-refractivity contribution < 1.29 is 13.3 Å². The van der Waals surface area contributed by atoms with Crippen LogP contribution in [0.25, 0.3) is 0 Å². The number of aliphatic hydroxyl groups excluding tert-OH is 1. The number of hydrogen-bond donors (Lipinski definition) is 1. The summed E-state index contributed by atoms with van der Waals surface area (Å²) in [5, 5.41) is 8.48. The van der Waals surface area contributed by atoms with E-state index in [0.29, 0.717) is 0 Å². The van der Waals surface area contributed by atoms with Gasteiger partial charge in [-0.15, -0.1) is 0 Å². The molecular formula is C4H10O. The summed E-state index contributed by atoms with van der Waals surface area (Å²) in [6, 6.07) is 0. The largest absolute Gasteiger partial charge is 0.396 e. The summed E-state index contributed by atoms with van der Waals surface area (Å²) in [4.78, 5) is 0. The fourth-order valence-electron chi connectivity index (χ4n) is 0. The van der Waals surface area contributed by atoms with Crippen molar-refractivity contribution >= 4 is 0 Å². The van der Waals surface area contributed by atoms with Crippen molar-refractivity contribution in [2.75, 3.05) is 6.61 Å². The highest BCUT2D eigenvalue weighted by atomic mass is 16.3. The zero-order valence-electron chi connectivity index (χ0n) is 8.73. The number of rotatable bonds is 1. The van der Waals surface area contributed by atoms with Crippen LogP contribution in [0.2, 0.25) is 0 Å². The third-order valence-corrected chi connectivity index (χ3v) is 0.183. The Hall–Kier alpha value is -0.0400. The van der Waals surface area contributed by atoms with Gasteiger partial charge in [-0.3, -0.25) is 0 Å². The first kappa shape index (κ1) is 0.784. The van der Waals surface area contributed by atoms with Crippen molar-refractivity contribution in [3.8, 4) is 0 Å². The normalized spacial score (nSPS) is 32.4. The molecule has 0 rings (SSSR count). The van der Waals surface area contributed by atoms with Gasteiger partial charge in [-0.25, -0.2) is 0 Å². The van der Waals surface area contributed by atoms with E-state index in [9.17, 15) is 0 Å². The Morgan fingerprint density at radius 1 is 2.00 bits per heavy atom. The van der Waals surface area contributed by atoms with E-state index in [1.165, 1.54) is 0 Å². The van der Waals surface area contributed by atoms with E-state index < -0.39 is 26.2 Å². The van der Waals surface area contributed by atoms with Crippen molar-refractivity contribution in [3.05, 3.63) is 0 Å². The molecule has 0 amide bonds. The van der Waals surface area contributed by atoms with Gasteiger partial charge in [-0.1, -0.05) is 13.7 Å². The van der Waals surface area contributed by atoms with E-state index in [2.05, 4.69) is 0 Å². The van der Waals surface area contributed by atoms with Gasteiger partial charge in [-0.05, 0) is 5.92 Å². The Balaban J connectivity index is 4.43. The zero-order chi connectivity index (χ0) is 9.28. The molecule has 0 saturated heterocycles. The Labute approximate surface area is 41.1 Å². The third-order valence-electron chi connectivity index (χ3n) is 0.183. The Kier molecular flexibility index (Phi) is 0.347. The molecule has 5 heavy (non-hydrogen) atoms. The van der Waals surface area contributed by atoms with Gasteiger partial charge in [0.1, 0.15) is 0 Å².